The Hall–Kier alpha value is -1.35. The molecule has 0 spiro atoms. The van der Waals surface area contributed by atoms with Gasteiger partial charge in [-0.1, -0.05) is 24.3 Å². The van der Waals surface area contributed by atoms with Crippen molar-refractivity contribution in [2.24, 2.45) is 0 Å². The summed E-state index contributed by atoms with van der Waals surface area (Å²) in [7, 11) is 1.64. The van der Waals surface area contributed by atoms with Gasteiger partial charge in [-0.2, -0.15) is 0 Å². The molecule has 80 valence electrons. The Kier molecular flexibility index (Phi) is 2.73. The molecule has 0 unspecified atom stereocenters. The largest absolute Gasteiger partial charge is 0.459 e. The van der Waals surface area contributed by atoms with E-state index in [0.29, 0.717) is 0 Å². The van der Waals surface area contributed by atoms with E-state index in [9.17, 15) is 4.79 Å². The molecule has 1 aromatic rings. The second-order valence-corrected chi connectivity index (χ2v) is 3.71. The molecule has 0 N–H and O–H groups in total. The molecule has 0 amide bonds. The Morgan fingerprint density at radius 2 is 2.13 bits per heavy atom. The number of benzene rings is 1. The number of hydrogen-bond acceptors (Lipinski definition) is 3. The van der Waals surface area contributed by atoms with E-state index in [-0.39, 0.29) is 18.2 Å². The fourth-order valence-electron chi connectivity index (χ4n) is 2.12. The zero-order valence-electron chi connectivity index (χ0n) is 8.90. The van der Waals surface area contributed by atoms with Gasteiger partial charge in [-0.25, -0.2) is 0 Å². The van der Waals surface area contributed by atoms with Crippen molar-refractivity contribution in [2.75, 3.05) is 7.11 Å². The van der Waals surface area contributed by atoms with Crippen LogP contribution in [-0.2, 0) is 20.7 Å². The Morgan fingerprint density at radius 3 is 2.80 bits per heavy atom. The molecule has 0 saturated carbocycles. The first-order valence-corrected chi connectivity index (χ1v) is 5.00. The third kappa shape index (κ3) is 1.88. The van der Waals surface area contributed by atoms with Crippen LogP contribution in [0.1, 0.15) is 24.2 Å². The smallest absolute Gasteiger partial charge is 0.303 e. The first-order valence-electron chi connectivity index (χ1n) is 5.00. The van der Waals surface area contributed by atoms with Crippen LogP contribution in [0.15, 0.2) is 24.3 Å². The molecule has 2 rings (SSSR count). The molecule has 0 aliphatic heterocycles. The highest BCUT2D eigenvalue weighted by Crippen LogP contribution is 2.35. The van der Waals surface area contributed by atoms with Crippen LogP contribution in [0, 0.1) is 0 Å². The predicted molar refractivity (Wildman–Crippen MR) is 55.5 cm³/mol. The molecule has 3 nitrogen and oxygen atoms in total. The number of ether oxygens (including phenoxy) is 2. The standard InChI is InChI=1S/C12H14O3/c1-8(13)15-11-7-9-5-3-4-6-10(9)12(11)14-2/h3-6,11-12H,7H2,1-2H3/t11-,12-/m0/s1. The first-order chi connectivity index (χ1) is 7.22. The van der Waals surface area contributed by atoms with Crippen LogP contribution in [0.5, 0.6) is 0 Å². The second kappa shape index (κ2) is 4.03. The van der Waals surface area contributed by atoms with Crippen LogP contribution >= 0.6 is 0 Å². The summed E-state index contributed by atoms with van der Waals surface area (Å²) in [5.74, 6) is -0.255. The highest BCUT2D eigenvalue weighted by atomic mass is 16.6. The van der Waals surface area contributed by atoms with Crippen LogP contribution in [0.25, 0.3) is 0 Å². The van der Waals surface area contributed by atoms with E-state index in [1.54, 1.807) is 7.11 Å². The molecule has 1 aliphatic rings. The molecule has 0 aromatic heterocycles. The molecular formula is C12H14O3. The van der Waals surface area contributed by atoms with Crippen LogP contribution in [0.3, 0.4) is 0 Å². The van der Waals surface area contributed by atoms with Gasteiger partial charge in [-0.15, -0.1) is 0 Å². The monoisotopic (exact) mass is 206 g/mol. The van der Waals surface area contributed by atoms with Crippen molar-refractivity contribution in [1.29, 1.82) is 0 Å². The summed E-state index contributed by atoms with van der Waals surface area (Å²) in [6.07, 6.45) is 0.448. The maximum Gasteiger partial charge on any atom is 0.303 e. The van der Waals surface area contributed by atoms with Gasteiger partial charge in [0.2, 0.25) is 0 Å². The Balaban J connectivity index is 2.24. The lowest BCUT2D eigenvalue weighted by Crippen LogP contribution is -2.22. The van der Waals surface area contributed by atoms with E-state index in [2.05, 4.69) is 0 Å². The highest BCUT2D eigenvalue weighted by Gasteiger charge is 2.34. The molecule has 0 saturated heterocycles. The van der Waals surface area contributed by atoms with Crippen LogP contribution in [-0.4, -0.2) is 19.2 Å². The minimum Gasteiger partial charge on any atom is -0.459 e. The fourth-order valence-corrected chi connectivity index (χ4v) is 2.12. The van der Waals surface area contributed by atoms with Gasteiger partial charge in [0.05, 0.1) is 0 Å². The third-order valence-corrected chi connectivity index (χ3v) is 2.69. The fraction of sp³-hybridized carbons (Fsp3) is 0.417. The molecule has 1 aliphatic carbocycles. The topological polar surface area (TPSA) is 35.5 Å². The number of methoxy groups -OCH3 is 1. The molecule has 0 radical (unpaired) electrons. The Labute approximate surface area is 89.0 Å². The van der Waals surface area contributed by atoms with E-state index in [4.69, 9.17) is 9.47 Å². The SMILES string of the molecule is CO[C@H]1c2ccccc2C[C@@H]1OC(C)=O. The van der Waals surface area contributed by atoms with Gasteiger partial charge in [-0.05, 0) is 11.1 Å². The molecule has 0 fully saturated rings. The van der Waals surface area contributed by atoms with Gasteiger partial charge in [0.1, 0.15) is 12.2 Å². The summed E-state index contributed by atoms with van der Waals surface area (Å²) < 4.78 is 10.6. The second-order valence-electron chi connectivity index (χ2n) is 3.71. The molecule has 3 heteroatoms. The average molecular weight is 206 g/mol. The number of fused-ring (bicyclic) bond motifs is 1. The van der Waals surface area contributed by atoms with Crippen molar-refractivity contribution in [3.05, 3.63) is 35.4 Å². The molecule has 2 atom stereocenters. The summed E-state index contributed by atoms with van der Waals surface area (Å²) in [6, 6.07) is 8.03. The number of carbonyl (C=O) groups excluding carboxylic acids is 1. The minimum absolute atomic E-state index is 0.120. The van der Waals surface area contributed by atoms with Crippen molar-refractivity contribution in [1.82, 2.24) is 0 Å². The van der Waals surface area contributed by atoms with Gasteiger partial charge >= 0.3 is 5.97 Å². The van der Waals surface area contributed by atoms with Crippen LogP contribution < -0.4 is 0 Å². The number of hydrogen-bond donors (Lipinski definition) is 0. The average Bonchev–Trinajstić information content (AvgIpc) is 2.53. The number of rotatable bonds is 2. The first kappa shape index (κ1) is 10.2. The lowest BCUT2D eigenvalue weighted by atomic mass is 10.1. The normalized spacial score (nSPS) is 23.6. The number of esters is 1. The van der Waals surface area contributed by atoms with E-state index in [1.165, 1.54) is 12.5 Å². The third-order valence-electron chi connectivity index (χ3n) is 2.69. The lowest BCUT2D eigenvalue weighted by Gasteiger charge is -2.18. The van der Waals surface area contributed by atoms with Crippen molar-refractivity contribution < 1.29 is 14.3 Å². The molecule has 1 aromatic carbocycles. The van der Waals surface area contributed by atoms with Crippen molar-refractivity contribution in [2.45, 2.75) is 25.6 Å². The summed E-state index contributed by atoms with van der Waals surface area (Å²) >= 11 is 0. The Bertz CT molecular complexity index is 373. The Morgan fingerprint density at radius 1 is 1.40 bits per heavy atom. The van der Waals surface area contributed by atoms with Crippen molar-refractivity contribution in [3.63, 3.8) is 0 Å². The summed E-state index contributed by atoms with van der Waals surface area (Å²) in [5.41, 5.74) is 2.34. The lowest BCUT2D eigenvalue weighted by molar-refractivity contribution is -0.152. The summed E-state index contributed by atoms with van der Waals surface area (Å²) in [5, 5.41) is 0. The zero-order valence-corrected chi connectivity index (χ0v) is 8.90. The van der Waals surface area contributed by atoms with Gasteiger partial charge in [0.15, 0.2) is 0 Å². The summed E-state index contributed by atoms with van der Waals surface area (Å²) in [4.78, 5) is 10.9. The quantitative estimate of drug-likeness (QED) is 0.693. The molecule has 15 heavy (non-hydrogen) atoms. The van der Waals surface area contributed by atoms with E-state index >= 15 is 0 Å². The summed E-state index contributed by atoms with van der Waals surface area (Å²) in [6.45, 7) is 1.43. The molecular weight excluding hydrogens is 192 g/mol. The zero-order chi connectivity index (χ0) is 10.8. The highest BCUT2D eigenvalue weighted by molar-refractivity contribution is 5.66. The van der Waals surface area contributed by atoms with Crippen molar-refractivity contribution >= 4 is 5.97 Å². The van der Waals surface area contributed by atoms with Crippen molar-refractivity contribution in [3.8, 4) is 0 Å². The van der Waals surface area contributed by atoms with E-state index in [1.807, 2.05) is 24.3 Å². The predicted octanol–water partition coefficient (Wildman–Crippen LogP) is 1.86. The molecule has 0 bridgehead atoms. The van der Waals surface area contributed by atoms with E-state index < -0.39 is 0 Å². The maximum atomic E-state index is 10.9. The number of carbonyl (C=O) groups is 1. The molecule has 0 heterocycles. The van der Waals surface area contributed by atoms with E-state index in [0.717, 1.165) is 12.0 Å². The van der Waals surface area contributed by atoms with Gasteiger partial charge in [0, 0.05) is 20.5 Å². The maximum absolute atomic E-state index is 10.9. The van der Waals surface area contributed by atoms with Crippen LogP contribution in [0.4, 0.5) is 0 Å². The van der Waals surface area contributed by atoms with Gasteiger partial charge in [0.25, 0.3) is 0 Å². The van der Waals surface area contributed by atoms with Gasteiger partial charge < -0.3 is 9.47 Å². The minimum atomic E-state index is -0.255. The van der Waals surface area contributed by atoms with Crippen LogP contribution in [0.2, 0.25) is 0 Å². The van der Waals surface area contributed by atoms with Gasteiger partial charge in [-0.3, -0.25) is 4.79 Å².